The van der Waals surface area contributed by atoms with Gasteiger partial charge >= 0.3 is 17.9 Å². The van der Waals surface area contributed by atoms with Crippen LogP contribution in [0.1, 0.15) is 284 Å². The van der Waals surface area contributed by atoms with E-state index < -0.39 is 6.10 Å². The van der Waals surface area contributed by atoms with E-state index in [1.54, 1.807) is 0 Å². The highest BCUT2D eigenvalue weighted by Crippen LogP contribution is 2.16. The number of rotatable bonds is 47. The van der Waals surface area contributed by atoms with E-state index in [1.165, 1.54) is 186 Å². The van der Waals surface area contributed by atoms with Crippen LogP contribution in [0.15, 0.2) is 12.2 Å². The fourth-order valence-corrected chi connectivity index (χ4v) is 7.61. The second kappa shape index (κ2) is 47.8. The summed E-state index contributed by atoms with van der Waals surface area (Å²) in [4.78, 5) is 37.9. The molecular formula is C52H98O6. The molecule has 0 aromatic rings. The average Bonchev–Trinajstić information content (AvgIpc) is 3.22. The van der Waals surface area contributed by atoms with Crippen molar-refractivity contribution in [3.8, 4) is 0 Å². The van der Waals surface area contributed by atoms with E-state index in [1.807, 2.05) is 0 Å². The molecule has 0 spiro atoms. The van der Waals surface area contributed by atoms with Crippen LogP contribution in [-0.2, 0) is 28.6 Å². The summed E-state index contributed by atoms with van der Waals surface area (Å²) in [6, 6.07) is 0. The van der Waals surface area contributed by atoms with Gasteiger partial charge in [-0.1, -0.05) is 232 Å². The molecule has 0 rings (SSSR count). The molecule has 0 amide bonds. The molecule has 0 heterocycles. The van der Waals surface area contributed by atoms with E-state index >= 15 is 0 Å². The highest BCUT2D eigenvalue weighted by atomic mass is 16.6. The standard InChI is InChI=1S/C52H98O6/c1-4-7-10-13-16-19-22-25-26-28-30-33-36-39-42-45-51(54)57-48-49(47-56-50(53)44-41-38-35-32-29-24-21-18-15-12-9-6-3)58-52(55)46-43-40-37-34-31-27-23-20-17-14-11-8-5-2/h19,22,49H,4-18,20-21,23-48H2,1-3H3/b22-19-. The van der Waals surface area contributed by atoms with E-state index in [9.17, 15) is 14.4 Å². The summed E-state index contributed by atoms with van der Waals surface area (Å²) in [5.41, 5.74) is 0. The van der Waals surface area contributed by atoms with Crippen molar-refractivity contribution in [3.63, 3.8) is 0 Å². The molecule has 0 bridgehead atoms. The van der Waals surface area contributed by atoms with E-state index in [2.05, 4.69) is 32.9 Å². The molecule has 0 aromatic heterocycles. The molecule has 0 aliphatic heterocycles. The van der Waals surface area contributed by atoms with Crippen molar-refractivity contribution in [2.75, 3.05) is 13.2 Å². The molecule has 0 N–H and O–H groups in total. The molecule has 0 radical (unpaired) electrons. The molecule has 1 atom stereocenters. The zero-order valence-corrected chi connectivity index (χ0v) is 39.1. The van der Waals surface area contributed by atoms with Crippen molar-refractivity contribution in [1.29, 1.82) is 0 Å². The molecular weight excluding hydrogens is 721 g/mol. The largest absolute Gasteiger partial charge is 0.462 e. The first-order valence-electron chi connectivity index (χ1n) is 25.7. The summed E-state index contributed by atoms with van der Waals surface area (Å²) >= 11 is 0. The molecule has 0 saturated carbocycles. The van der Waals surface area contributed by atoms with Gasteiger partial charge in [-0.3, -0.25) is 14.4 Å². The number of hydrogen-bond acceptors (Lipinski definition) is 6. The molecule has 58 heavy (non-hydrogen) atoms. The Balaban J connectivity index is 4.33. The predicted octanol–water partition coefficient (Wildman–Crippen LogP) is 16.6. The maximum atomic E-state index is 12.8. The second-order valence-electron chi connectivity index (χ2n) is 17.4. The number of carbonyl (C=O) groups is 3. The Kier molecular flexibility index (Phi) is 46.3. The van der Waals surface area contributed by atoms with E-state index in [-0.39, 0.29) is 31.1 Å². The first kappa shape index (κ1) is 56.1. The smallest absolute Gasteiger partial charge is 0.306 e. The molecule has 6 heteroatoms. The number of unbranched alkanes of at least 4 members (excludes halogenated alkanes) is 34. The Bertz CT molecular complexity index is 900. The minimum absolute atomic E-state index is 0.0660. The van der Waals surface area contributed by atoms with Crippen molar-refractivity contribution < 1.29 is 28.6 Å². The van der Waals surface area contributed by atoms with Gasteiger partial charge in [0.05, 0.1) is 0 Å². The number of hydrogen-bond donors (Lipinski definition) is 0. The van der Waals surface area contributed by atoms with Gasteiger partial charge in [0.25, 0.3) is 0 Å². The van der Waals surface area contributed by atoms with Crippen LogP contribution in [0.2, 0.25) is 0 Å². The van der Waals surface area contributed by atoms with Gasteiger partial charge in [-0.05, 0) is 44.9 Å². The summed E-state index contributed by atoms with van der Waals surface area (Å²) in [5.74, 6) is -0.855. The van der Waals surface area contributed by atoms with Gasteiger partial charge in [0.1, 0.15) is 13.2 Å². The van der Waals surface area contributed by atoms with Crippen LogP contribution in [0.25, 0.3) is 0 Å². The highest BCUT2D eigenvalue weighted by molar-refractivity contribution is 5.71. The van der Waals surface area contributed by atoms with Gasteiger partial charge in [-0.15, -0.1) is 0 Å². The zero-order valence-electron chi connectivity index (χ0n) is 39.1. The molecule has 1 unspecified atom stereocenters. The first-order chi connectivity index (χ1) is 28.5. The second-order valence-corrected chi connectivity index (χ2v) is 17.4. The highest BCUT2D eigenvalue weighted by Gasteiger charge is 2.19. The number of ether oxygens (including phenoxy) is 3. The normalized spacial score (nSPS) is 12.0. The van der Waals surface area contributed by atoms with Gasteiger partial charge in [-0.2, -0.15) is 0 Å². The number of esters is 3. The maximum absolute atomic E-state index is 12.8. The zero-order chi connectivity index (χ0) is 42.3. The van der Waals surface area contributed by atoms with Gasteiger partial charge in [-0.25, -0.2) is 0 Å². The molecule has 342 valence electrons. The number of carbonyl (C=O) groups excluding carboxylic acids is 3. The van der Waals surface area contributed by atoms with Crippen LogP contribution in [0.3, 0.4) is 0 Å². The van der Waals surface area contributed by atoms with Crippen LogP contribution in [-0.4, -0.2) is 37.2 Å². The molecule has 0 aliphatic rings. The van der Waals surface area contributed by atoms with Crippen molar-refractivity contribution in [3.05, 3.63) is 12.2 Å². The lowest BCUT2D eigenvalue weighted by Crippen LogP contribution is -2.30. The lowest BCUT2D eigenvalue weighted by Gasteiger charge is -2.18. The van der Waals surface area contributed by atoms with Crippen LogP contribution < -0.4 is 0 Å². The lowest BCUT2D eigenvalue weighted by molar-refractivity contribution is -0.167. The third kappa shape index (κ3) is 45.2. The fraction of sp³-hybridized carbons (Fsp3) is 0.904. The molecule has 0 saturated heterocycles. The summed E-state index contributed by atoms with van der Waals surface area (Å²) in [6.45, 7) is 6.65. The topological polar surface area (TPSA) is 78.9 Å². The summed E-state index contributed by atoms with van der Waals surface area (Å²) in [6.07, 6.45) is 51.9. The van der Waals surface area contributed by atoms with Crippen molar-refractivity contribution in [2.24, 2.45) is 0 Å². The van der Waals surface area contributed by atoms with Gasteiger partial charge in [0.2, 0.25) is 0 Å². The Labute approximate surface area is 360 Å². The SMILES string of the molecule is CCCCCC/C=C\CCCCCCCCCC(=O)OCC(COC(=O)CCCCCCCCCCCCCC)OC(=O)CCCCCCCCCCCCCCC. The monoisotopic (exact) mass is 819 g/mol. The summed E-state index contributed by atoms with van der Waals surface area (Å²) in [7, 11) is 0. The van der Waals surface area contributed by atoms with Crippen molar-refractivity contribution in [1.82, 2.24) is 0 Å². The van der Waals surface area contributed by atoms with Gasteiger partial charge < -0.3 is 14.2 Å². The van der Waals surface area contributed by atoms with Crippen LogP contribution in [0, 0.1) is 0 Å². The minimum atomic E-state index is -0.764. The quantitative estimate of drug-likeness (QED) is 0.0263. The average molecular weight is 819 g/mol. The van der Waals surface area contributed by atoms with E-state index in [0.717, 1.165) is 57.8 Å². The lowest BCUT2D eigenvalue weighted by atomic mass is 10.0. The number of allylic oxidation sites excluding steroid dienone is 2. The van der Waals surface area contributed by atoms with Crippen molar-refractivity contribution >= 4 is 17.9 Å². The summed E-state index contributed by atoms with van der Waals surface area (Å²) in [5, 5.41) is 0. The van der Waals surface area contributed by atoms with Crippen molar-refractivity contribution in [2.45, 2.75) is 290 Å². The maximum Gasteiger partial charge on any atom is 0.306 e. The van der Waals surface area contributed by atoms with Gasteiger partial charge in [0.15, 0.2) is 6.10 Å². The Morgan fingerprint density at radius 2 is 0.569 bits per heavy atom. The first-order valence-corrected chi connectivity index (χ1v) is 25.7. The Morgan fingerprint density at radius 1 is 0.328 bits per heavy atom. The minimum Gasteiger partial charge on any atom is -0.462 e. The van der Waals surface area contributed by atoms with Crippen LogP contribution in [0.5, 0.6) is 0 Å². The van der Waals surface area contributed by atoms with E-state index in [4.69, 9.17) is 14.2 Å². The third-order valence-electron chi connectivity index (χ3n) is 11.5. The van der Waals surface area contributed by atoms with E-state index in [0.29, 0.717) is 19.3 Å². The molecule has 6 nitrogen and oxygen atoms in total. The molecule has 0 fully saturated rings. The van der Waals surface area contributed by atoms with Crippen LogP contribution in [0.4, 0.5) is 0 Å². The predicted molar refractivity (Wildman–Crippen MR) is 247 cm³/mol. The molecule has 0 aliphatic carbocycles. The van der Waals surface area contributed by atoms with Crippen LogP contribution >= 0.6 is 0 Å². The fourth-order valence-electron chi connectivity index (χ4n) is 7.61. The Morgan fingerprint density at radius 3 is 0.879 bits per heavy atom. The summed E-state index contributed by atoms with van der Waals surface area (Å²) < 4.78 is 16.8. The van der Waals surface area contributed by atoms with Gasteiger partial charge in [0, 0.05) is 19.3 Å². The molecule has 0 aromatic carbocycles. The third-order valence-corrected chi connectivity index (χ3v) is 11.5. The Hall–Kier alpha value is -1.85.